The highest BCUT2D eigenvalue weighted by Gasteiger charge is 1.94. The monoisotopic (exact) mass is 131 g/mol. The molecule has 0 fully saturated rings. The first-order chi connectivity index (χ1) is 4.31. The highest BCUT2D eigenvalue weighted by molar-refractivity contribution is 5.71. The molecule has 54 valence electrons. The fourth-order valence-electron chi connectivity index (χ4n) is 0.581. The molecule has 3 heteroatoms. The van der Waals surface area contributed by atoms with Crippen LogP contribution in [0.5, 0.6) is 0 Å². The lowest BCUT2D eigenvalue weighted by atomic mass is 10.2. The first-order valence-corrected chi connectivity index (χ1v) is 3.20. The molecule has 3 nitrogen and oxygen atoms in total. The van der Waals surface area contributed by atoms with Crippen LogP contribution in [0.15, 0.2) is 0 Å². The Kier molecular flexibility index (Phi) is 5.21. The summed E-state index contributed by atoms with van der Waals surface area (Å²) in [6.07, 6.45) is 3.69. The molecule has 0 saturated heterocycles. The highest BCUT2D eigenvalue weighted by Crippen LogP contribution is 1.99. The lowest BCUT2D eigenvalue weighted by Crippen LogP contribution is -1.98. The molecule has 0 heterocycles. The molecule has 0 spiro atoms. The van der Waals surface area contributed by atoms with Gasteiger partial charge in [0.2, 0.25) is 5.90 Å². The van der Waals surface area contributed by atoms with Crippen molar-refractivity contribution in [2.24, 2.45) is 0 Å². The van der Waals surface area contributed by atoms with E-state index in [9.17, 15) is 0 Å². The van der Waals surface area contributed by atoms with Gasteiger partial charge < -0.3 is 4.89 Å². The van der Waals surface area contributed by atoms with Crippen LogP contribution in [-0.4, -0.2) is 11.2 Å². The second kappa shape index (κ2) is 5.56. The number of rotatable bonds is 4. The topological polar surface area (TPSA) is 53.3 Å². The van der Waals surface area contributed by atoms with Gasteiger partial charge in [0, 0.05) is 6.42 Å². The lowest BCUT2D eigenvalue weighted by Gasteiger charge is -1.96. The third kappa shape index (κ3) is 5.30. The maximum Gasteiger partial charge on any atom is 0.224 e. The largest absolute Gasteiger partial charge is 0.325 e. The minimum atomic E-state index is -0.0385. The normalized spacial score (nSPS) is 9.11. The van der Waals surface area contributed by atoms with Crippen LogP contribution in [0.1, 0.15) is 32.6 Å². The van der Waals surface area contributed by atoms with Gasteiger partial charge in [0.15, 0.2) is 0 Å². The Bertz CT molecular complexity index is 83.1. The van der Waals surface area contributed by atoms with Crippen LogP contribution < -0.4 is 0 Å². The van der Waals surface area contributed by atoms with E-state index in [2.05, 4.69) is 11.8 Å². The van der Waals surface area contributed by atoms with E-state index < -0.39 is 0 Å². The molecule has 0 bridgehead atoms. The molecule has 2 N–H and O–H groups in total. The maximum absolute atomic E-state index is 7.91. The van der Waals surface area contributed by atoms with E-state index in [1.807, 2.05) is 0 Å². The first kappa shape index (κ1) is 8.43. The highest BCUT2D eigenvalue weighted by atomic mass is 17.1. The average Bonchev–Trinajstić information content (AvgIpc) is 1.89. The minimum absolute atomic E-state index is 0.0385. The van der Waals surface area contributed by atoms with Crippen molar-refractivity contribution in [2.45, 2.75) is 32.6 Å². The third-order valence-corrected chi connectivity index (χ3v) is 1.12. The standard InChI is InChI=1S/C6H13NO2/c1-2-3-4-5-6(7)9-8/h7-8H,2-5H2,1H3. The van der Waals surface area contributed by atoms with Crippen LogP contribution in [0.2, 0.25) is 0 Å². The van der Waals surface area contributed by atoms with Gasteiger partial charge in [-0.2, -0.15) is 0 Å². The summed E-state index contributed by atoms with van der Waals surface area (Å²) >= 11 is 0. The zero-order chi connectivity index (χ0) is 7.11. The smallest absolute Gasteiger partial charge is 0.224 e. The van der Waals surface area contributed by atoms with Crippen molar-refractivity contribution in [3.63, 3.8) is 0 Å². The summed E-state index contributed by atoms with van der Waals surface area (Å²) in [6, 6.07) is 0. The van der Waals surface area contributed by atoms with E-state index in [4.69, 9.17) is 10.7 Å². The van der Waals surface area contributed by atoms with Crippen LogP contribution in [0, 0.1) is 5.41 Å². The van der Waals surface area contributed by atoms with Crippen molar-refractivity contribution in [2.75, 3.05) is 0 Å². The summed E-state index contributed by atoms with van der Waals surface area (Å²) < 4.78 is 0. The van der Waals surface area contributed by atoms with Gasteiger partial charge in [0.25, 0.3) is 0 Å². The number of unbranched alkanes of at least 4 members (excludes halogenated alkanes) is 2. The summed E-state index contributed by atoms with van der Waals surface area (Å²) in [4.78, 5) is 3.68. The van der Waals surface area contributed by atoms with Gasteiger partial charge in [-0.1, -0.05) is 19.8 Å². The Morgan fingerprint density at radius 3 is 2.67 bits per heavy atom. The predicted octanol–water partition coefficient (Wildman–Crippen LogP) is 2.03. The molecular weight excluding hydrogens is 118 g/mol. The van der Waals surface area contributed by atoms with Crippen molar-refractivity contribution in [3.8, 4) is 0 Å². The Balaban J connectivity index is 2.97. The van der Waals surface area contributed by atoms with Gasteiger partial charge >= 0.3 is 0 Å². The summed E-state index contributed by atoms with van der Waals surface area (Å²) in [5.74, 6) is -0.0385. The van der Waals surface area contributed by atoms with Crippen LogP contribution in [0.3, 0.4) is 0 Å². The average molecular weight is 131 g/mol. The minimum Gasteiger partial charge on any atom is -0.325 e. The number of nitrogens with one attached hydrogen (secondary N) is 1. The quantitative estimate of drug-likeness (QED) is 0.202. The van der Waals surface area contributed by atoms with Crippen LogP contribution in [0.4, 0.5) is 0 Å². The van der Waals surface area contributed by atoms with Gasteiger partial charge in [-0.3, -0.25) is 5.41 Å². The Labute approximate surface area is 55.1 Å². The first-order valence-electron chi connectivity index (χ1n) is 3.20. The van der Waals surface area contributed by atoms with E-state index in [0.717, 1.165) is 19.3 Å². The second-order valence-corrected chi connectivity index (χ2v) is 1.97. The van der Waals surface area contributed by atoms with Crippen molar-refractivity contribution >= 4 is 5.90 Å². The molecule has 0 radical (unpaired) electrons. The van der Waals surface area contributed by atoms with Gasteiger partial charge in [0.1, 0.15) is 0 Å². The number of hydrogen-bond acceptors (Lipinski definition) is 3. The van der Waals surface area contributed by atoms with Crippen LogP contribution >= 0.6 is 0 Å². The molecule has 0 aromatic rings. The molecule has 0 unspecified atom stereocenters. The van der Waals surface area contributed by atoms with E-state index in [1.165, 1.54) is 0 Å². The van der Waals surface area contributed by atoms with Gasteiger partial charge in [-0.25, -0.2) is 5.26 Å². The molecule has 0 aliphatic rings. The Morgan fingerprint density at radius 1 is 1.56 bits per heavy atom. The van der Waals surface area contributed by atoms with Crippen molar-refractivity contribution < 1.29 is 10.1 Å². The summed E-state index contributed by atoms with van der Waals surface area (Å²) in [5, 5.41) is 14.8. The van der Waals surface area contributed by atoms with Crippen molar-refractivity contribution in [1.82, 2.24) is 0 Å². The fourth-order valence-corrected chi connectivity index (χ4v) is 0.581. The van der Waals surface area contributed by atoms with Gasteiger partial charge in [0.05, 0.1) is 0 Å². The van der Waals surface area contributed by atoms with Crippen molar-refractivity contribution in [1.29, 1.82) is 5.41 Å². The summed E-state index contributed by atoms with van der Waals surface area (Å²) in [5.41, 5.74) is 0. The van der Waals surface area contributed by atoms with E-state index in [-0.39, 0.29) is 5.90 Å². The molecule has 0 rings (SSSR count). The molecule has 0 atom stereocenters. The fraction of sp³-hybridized carbons (Fsp3) is 0.833. The predicted molar refractivity (Wildman–Crippen MR) is 35.6 cm³/mol. The van der Waals surface area contributed by atoms with Crippen LogP contribution in [0.25, 0.3) is 0 Å². The van der Waals surface area contributed by atoms with Gasteiger partial charge in [-0.15, -0.1) is 0 Å². The molecule has 0 aromatic heterocycles. The molecule has 0 aliphatic heterocycles. The molecule has 0 saturated carbocycles. The van der Waals surface area contributed by atoms with E-state index in [1.54, 1.807) is 0 Å². The van der Waals surface area contributed by atoms with Gasteiger partial charge in [-0.05, 0) is 6.42 Å². The molecule has 9 heavy (non-hydrogen) atoms. The Morgan fingerprint density at radius 2 is 2.22 bits per heavy atom. The number of hydrogen-bond donors (Lipinski definition) is 2. The Hall–Kier alpha value is -0.570. The summed E-state index contributed by atoms with van der Waals surface area (Å²) in [7, 11) is 0. The zero-order valence-corrected chi connectivity index (χ0v) is 5.68. The molecule has 0 aromatic carbocycles. The van der Waals surface area contributed by atoms with E-state index >= 15 is 0 Å². The maximum atomic E-state index is 7.91. The second-order valence-electron chi connectivity index (χ2n) is 1.97. The lowest BCUT2D eigenvalue weighted by molar-refractivity contribution is -0.158. The summed E-state index contributed by atoms with van der Waals surface area (Å²) in [6.45, 7) is 2.09. The van der Waals surface area contributed by atoms with Crippen LogP contribution in [-0.2, 0) is 4.89 Å². The third-order valence-electron chi connectivity index (χ3n) is 1.12. The molecule has 0 aliphatic carbocycles. The SMILES string of the molecule is CCCCCC(=N)OO. The van der Waals surface area contributed by atoms with E-state index in [0.29, 0.717) is 6.42 Å². The van der Waals surface area contributed by atoms with Crippen molar-refractivity contribution in [3.05, 3.63) is 0 Å². The molecular formula is C6H13NO2. The molecule has 0 amide bonds. The zero-order valence-electron chi connectivity index (χ0n) is 5.68.